The molecule has 7 nitrogen and oxygen atoms in total. The van der Waals surface area contributed by atoms with Crippen molar-refractivity contribution in [3.05, 3.63) is 41.7 Å². The number of carbonyl (C=O) groups excluding carboxylic acids is 1. The monoisotopic (exact) mass is 330 g/mol. The van der Waals surface area contributed by atoms with Crippen LogP contribution >= 0.6 is 0 Å². The molecule has 1 aliphatic rings. The first-order valence-corrected chi connectivity index (χ1v) is 7.97. The third-order valence-electron chi connectivity index (χ3n) is 4.39. The number of ether oxygens (including phenoxy) is 1. The van der Waals surface area contributed by atoms with Gasteiger partial charge in [-0.1, -0.05) is 0 Å². The fourth-order valence-corrected chi connectivity index (χ4v) is 3.01. The molecule has 3 rings (SSSR count). The van der Waals surface area contributed by atoms with E-state index in [0.29, 0.717) is 12.1 Å². The van der Waals surface area contributed by atoms with E-state index in [-0.39, 0.29) is 18.1 Å². The van der Waals surface area contributed by atoms with Gasteiger partial charge in [0.1, 0.15) is 18.4 Å². The summed E-state index contributed by atoms with van der Waals surface area (Å²) in [4.78, 5) is 23.0. The maximum absolute atomic E-state index is 12.3. The van der Waals surface area contributed by atoms with Crippen molar-refractivity contribution in [3.63, 3.8) is 0 Å². The Bertz CT molecular complexity index is 715. The number of amides is 1. The van der Waals surface area contributed by atoms with Crippen LogP contribution in [0.15, 0.2) is 29.3 Å². The van der Waals surface area contributed by atoms with E-state index in [2.05, 4.69) is 20.2 Å². The molecule has 3 heterocycles. The summed E-state index contributed by atoms with van der Waals surface area (Å²) >= 11 is 0. The normalized spacial score (nSPS) is 20.4. The fraction of sp³-hybridized carbons (Fsp3) is 0.471. The number of aromatic nitrogens is 2. The number of hydrogen-bond acceptors (Lipinski definition) is 6. The molecule has 24 heavy (non-hydrogen) atoms. The molecule has 0 radical (unpaired) electrons. The second-order valence-corrected chi connectivity index (χ2v) is 6.10. The molecule has 1 saturated heterocycles. The predicted octanol–water partition coefficient (Wildman–Crippen LogP) is 1.71. The Morgan fingerprint density at radius 3 is 2.92 bits per heavy atom. The topological polar surface area (TPSA) is 80.5 Å². The van der Waals surface area contributed by atoms with Crippen LogP contribution in [0.1, 0.15) is 28.0 Å². The third-order valence-corrected chi connectivity index (χ3v) is 4.39. The van der Waals surface area contributed by atoms with Crippen LogP contribution in [0.2, 0.25) is 0 Å². The van der Waals surface area contributed by atoms with Gasteiger partial charge in [-0.15, -0.1) is 0 Å². The molecule has 0 aliphatic carbocycles. The zero-order valence-corrected chi connectivity index (χ0v) is 14.2. The lowest BCUT2D eigenvalue weighted by Gasteiger charge is -2.25. The first-order chi connectivity index (χ1) is 11.6. The maximum Gasteiger partial charge on any atom is 0.254 e. The third kappa shape index (κ3) is 3.41. The van der Waals surface area contributed by atoms with Crippen LogP contribution < -0.4 is 10.2 Å². The first-order valence-electron chi connectivity index (χ1n) is 7.97. The van der Waals surface area contributed by atoms with E-state index in [9.17, 15) is 4.79 Å². The highest BCUT2D eigenvalue weighted by Gasteiger charge is 2.33. The molecule has 128 valence electrons. The summed E-state index contributed by atoms with van der Waals surface area (Å²) in [5, 5.41) is 2.99. The highest BCUT2D eigenvalue weighted by molar-refractivity contribution is 5.95. The van der Waals surface area contributed by atoms with Crippen molar-refractivity contribution in [2.75, 3.05) is 25.1 Å². The Hall–Kier alpha value is -2.41. The summed E-state index contributed by atoms with van der Waals surface area (Å²) in [5.74, 6) is 0.738. The molecule has 0 unspecified atom stereocenters. The minimum Gasteiger partial charge on any atom is -0.471 e. The summed E-state index contributed by atoms with van der Waals surface area (Å²) in [6.07, 6.45) is 5.57. The highest BCUT2D eigenvalue weighted by Crippen LogP contribution is 2.25. The molecule has 2 atom stereocenters. The number of nitrogens with zero attached hydrogens (tertiary/aromatic N) is 3. The largest absolute Gasteiger partial charge is 0.471 e. The van der Waals surface area contributed by atoms with Crippen molar-refractivity contribution >= 4 is 11.7 Å². The van der Waals surface area contributed by atoms with E-state index >= 15 is 0 Å². The first kappa shape index (κ1) is 16.4. The van der Waals surface area contributed by atoms with Gasteiger partial charge in [0, 0.05) is 32.0 Å². The second-order valence-electron chi connectivity index (χ2n) is 6.10. The maximum atomic E-state index is 12.3. The van der Waals surface area contributed by atoms with E-state index < -0.39 is 0 Å². The summed E-state index contributed by atoms with van der Waals surface area (Å²) in [5.41, 5.74) is 2.32. The molecule has 0 saturated carbocycles. The van der Waals surface area contributed by atoms with Crippen LogP contribution in [0, 0.1) is 13.8 Å². The molecular weight excluding hydrogens is 308 g/mol. The number of carbonyl (C=O) groups is 1. The average Bonchev–Trinajstić information content (AvgIpc) is 3.18. The van der Waals surface area contributed by atoms with E-state index in [0.717, 1.165) is 30.0 Å². The zero-order valence-electron chi connectivity index (χ0n) is 14.2. The Balaban J connectivity index is 1.70. The van der Waals surface area contributed by atoms with Crippen LogP contribution in [-0.2, 0) is 4.74 Å². The summed E-state index contributed by atoms with van der Waals surface area (Å²) in [6, 6.07) is 2.08. The molecule has 1 amide bonds. The highest BCUT2D eigenvalue weighted by atomic mass is 16.5. The SMILES string of the molecule is CO[C@H]1C[C@@H](CNC(=O)c2cocc2C)N(c2cc(C)ncn2)C1. The lowest BCUT2D eigenvalue weighted by Crippen LogP contribution is -2.40. The number of aryl methyl sites for hydroxylation is 2. The van der Waals surface area contributed by atoms with Crippen LogP contribution in [0.25, 0.3) is 0 Å². The number of furan rings is 1. The van der Waals surface area contributed by atoms with Gasteiger partial charge in [0.25, 0.3) is 5.91 Å². The van der Waals surface area contributed by atoms with Crippen molar-refractivity contribution in [3.8, 4) is 0 Å². The number of anilines is 1. The molecular formula is C17H22N4O3. The fourth-order valence-electron chi connectivity index (χ4n) is 3.01. The van der Waals surface area contributed by atoms with E-state index in [1.54, 1.807) is 19.7 Å². The van der Waals surface area contributed by atoms with Gasteiger partial charge in [-0.25, -0.2) is 9.97 Å². The molecule has 7 heteroatoms. The molecule has 2 aromatic heterocycles. The van der Waals surface area contributed by atoms with E-state index in [1.807, 2.05) is 19.9 Å². The molecule has 1 N–H and O–H groups in total. The number of methoxy groups -OCH3 is 1. The predicted molar refractivity (Wildman–Crippen MR) is 89.1 cm³/mol. The van der Waals surface area contributed by atoms with Gasteiger partial charge < -0.3 is 19.4 Å². The lowest BCUT2D eigenvalue weighted by atomic mass is 10.1. The van der Waals surface area contributed by atoms with Gasteiger partial charge in [0.2, 0.25) is 0 Å². The minimum absolute atomic E-state index is 0.123. The molecule has 1 aliphatic heterocycles. The number of rotatable bonds is 5. The quantitative estimate of drug-likeness (QED) is 0.899. The van der Waals surface area contributed by atoms with Gasteiger partial charge in [-0.2, -0.15) is 0 Å². The van der Waals surface area contributed by atoms with Gasteiger partial charge in [-0.05, 0) is 25.8 Å². The van der Waals surface area contributed by atoms with Crippen molar-refractivity contribution in [1.29, 1.82) is 0 Å². The van der Waals surface area contributed by atoms with Gasteiger partial charge >= 0.3 is 0 Å². The van der Waals surface area contributed by atoms with Crippen molar-refractivity contribution < 1.29 is 13.9 Å². The van der Waals surface area contributed by atoms with Gasteiger partial charge in [-0.3, -0.25) is 4.79 Å². The summed E-state index contributed by atoms with van der Waals surface area (Å²) < 4.78 is 10.6. The molecule has 0 spiro atoms. The van der Waals surface area contributed by atoms with E-state index in [4.69, 9.17) is 9.15 Å². The summed E-state index contributed by atoms with van der Waals surface area (Å²) in [7, 11) is 1.71. The Morgan fingerprint density at radius 1 is 1.42 bits per heavy atom. The average molecular weight is 330 g/mol. The summed E-state index contributed by atoms with van der Waals surface area (Å²) in [6.45, 7) is 5.06. The van der Waals surface area contributed by atoms with Crippen LogP contribution in [0.3, 0.4) is 0 Å². The number of hydrogen-bond donors (Lipinski definition) is 1. The molecule has 1 fully saturated rings. The molecule has 2 aromatic rings. The second kappa shape index (κ2) is 7.00. The molecule has 0 bridgehead atoms. The van der Waals surface area contributed by atoms with Gasteiger partial charge in [0.05, 0.1) is 24.0 Å². The van der Waals surface area contributed by atoms with Crippen LogP contribution in [0.5, 0.6) is 0 Å². The standard InChI is InChI=1S/C17H22N4O3/c1-11-8-24-9-15(11)17(22)18-6-13-5-14(23-3)7-21(13)16-4-12(2)19-10-20-16/h4,8-10,13-14H,5-7H2,1-3H3,(H,18,22)/t13-,14-/m0/s1. The molecule has 0 aromatic carbocycles. The minimum atomic E-state index is -0.124. The lowest BCUT2D eigenvalue weighted by molar-refractivity contribution is 0.0945. The Morgan fingerprint density at radius 2 is 2.25 bits per heavy atom. The smallest absolute Gasteiger partial charge is 0.254 e. The Kier molecular flexibility index (Phi) is 4.80. The van der Waals surface area contributed by atoms with E-state index in [1.165, 1.54) is 6.26 Å². The van der Waals surface area contributed by atoms with Crippen molar-refractivity contribution in [2.45, 2.75) is 32.4 Å². The number of nitrogens with one attached hydrogen (secondary N) is 1. The van der Waals surface area contributed by atoms with Crippen LogP contribution in [0.4, 0.5) is 5.82 Å². The zero-order chi connectivity index (χ0) is 17.1. The van der Waals surface area contributed by atoms with Crippen molar-refractivity contribution in [1.82, 2.24) is 15.3 Å². The van der Waals surface area contributed by atoms with Crippen LogP contribution in [-0.4, -0.2) is 48.2 Å². The Labute approximate surface area is 141 Å². The van der Waals surface area contributed by atoms with Gasteiger partial charge in [0.15, 0.2) is 0 Å². The van der Waals surface area contributed by atoms with Crippen molar-refractivity contribution in [2.24, 2.45) is 0 Å².